The Kier molecular flexibility index (Phi) is 4.29. The van der Waals surface area contributed by atoms with Crippen molar-refractivity contribution in [2.24, 2.45) is 0 Å². The van der Waals surface area contributed by atoms with Crippen molar-refractivity contribution in [3.63, 3.8) is 0 Å². The van der Waals surface area contributed by atoms with Crippen LogP contribution in [0.1, 0.15) is 5.56 Å². The van der Waals surface area contributed by atoms with Gasteiger partial charge in [0.2, 0.25) is 0 Å². The Morgan fingerprint density at radius 3 is 2.54 bits per heavy atom. The number of rotatable bonds is 3. The van der Waals surface area contributed by atoms with Crippen LogP contribution in [0.2, 0.25) is 5.02 Å². The summed E-state index contributed by atoms with van der Waals surface area (Å²) in [4.78, 5) is 20.6. The highest BCUT2D eigenvalue weighted by atomic mass is 35.5. The highest BCUT2D eigenvalue weighted by Gasteiger charge is 2.11. The van der Waals surface area contributed by atoms with Crippen molar-refractivity contribution < 1.29 is 0 Å². The number of benzene rings is 2. The zero-order chi connectivity index (χ0) is 18.1. The van der Waals surface area contributed by atoms with Gasteiger partial charge in [0, 0.05) is 16.4 Å². The lowest BCUT2D eigenvalue weighted by atomic mass is 10.1. The molecule has 2 heterocycles. The lowest BCUT2D eigenvalue weighted by Gasteiger charge is -2.07. The van der Waals surface area contributed by atoms with Gasteiger partial charge in [-0.3, -0.25) is 4.79 Å². The van der Waals surface area contributed by atoms with Crippen LogP contribution < -0.4 is 5.56 Å². The second-order valence-corrected chi connectivity index (χ2v) is 7.28. The van der Waals surface area contributed by atoms with Crippen molar-refractivity contribution in [2.75, 3.05) is 0 Å². The summed E-state index contributed by atoms with van der Waals surface area (Å²) in [6.45, 7) is 7.65. The lowest BCUT2D eigenvalue weighted by Crippen LogP contribution is -2.11. The van der Waals surface area contributed by atoms with Gasteiger partial charge in [-0.2, -0.15) is 4.98 Å². The average Bonchev–Trinajstić information content (AvgIpc) is 3.12. The fourth-order valence-electron chi connectivity index (χ4n) is 2.75. The van der Waals surface area contributed by atoms with Crippen LogP contribution in [0.15, 0.2) is 65.7 Å². The fourth-order valence-corrected chi connectivity index (χ4v) is 3.94. The summed E-state index contributed by atoms with van der Waals surface area (Å²) < 4.78 is 2.60. The quantitative estimate of drug-likeness (QED) is 0.450. The van der Waals surface area contributed by atoms with Gasteiger partial charge in [-0.15, -0.1) is 11.3 Å². The van der Waals surface area contributed by atoms with Gasteiger partial charge in [0.15, 0.2) is 5.69 Å². The van der Waals surface area contributed by atoms with Crippen LogP contribution in [0.4, 0.5) is 5.69 Å². The molecular formula is C20H12ClN3OS. The van der Waals surface area contributed by atoms with Crippen LogP contribution in [-0.4, -0.2) is 9.55 Å². The maximum Gasteiger partial charge on any atom is 0.290 e. The number of fused-ring (bicyclic) bond motifs is 1. The molecule has 0 radical (unpaired) electrons. The molecule has 0 fully saturated rings. The molecule has 4 aromatic rings. The Bertz CT molecular complexity index is 1190. The Balaban J connectivity index is 1.79. The van der Waals surface area contributed by atoms with Crippen LogP contribution in [0.5, 0.6) is 0 Å². The van der Waals surface area contributed by atoms with Gasteiger partial charge in [0.25, 0.3) is 5.56 Å². The summed E-state index contributed by atoms with van der Waals surface area (Å²) in [6.07, 6.45) is 1.58. The van der Waals surface area contributed by atoms with Gasteiger partial charge in [0.1, 0.15) is 4.70 Å². The Hall–Kier alpha value is -2.94. The molecule has 126 valence electrons. The number of hydrogen-bond donors (Lipinski definition) is 0. The molecule has 6 heteroatoms. The van der Waals surface area contributed by atoms with E-state index in [1.54, 1.807) is 18.5 Å². The molecule has 2 aromatic carbocycles. The first-order chi connectivity index (χ1) is 12.6. The molecule has 0 amide bonds. The third-order valence-corrected chi connectivity index (χ3v) is 5.49. The second-order valence-electron chi connectivity index (χ2n) is 5.79. The van der Waals surface area contributed by atoms with Gasteiger partial charge in [-0.05, 0) is 29.3 Å². The van der Waals surface area contributed by atoms with E-state index >= 15 is 0 Å². The third kappa shape index (κ3) is 3.13. The number of halogens is 1. The van der Waals surface area contributed by atoms with Crippen molar-refractivity contribution in [3.05, 3.63) is 93.3 Å². The first kappa shape index (κ1) is 16.5. The van der Waals surface area contributed by atoms with Crippen LogP contribution in [0, 0.1) is 6.57 Å². The predicted octanol–water partition coefficient (Wildman–Crippen LogP) is 5.38. The standard InChI is InChI=1S/C20H12ClN3OS/c1-22-16-8-4-14(5-9-16)18-10-17-19(26-18)20(25)23-12-24(17)11-13-2-6-15(21)7-3-13/h2-10,12H,11H2. The smallest absolute Gasteiger partial charge is 0.290 e. The maximum atomic E-state index is 12.2. The van der Waals surface area contributed by atoms with Gasteiger partial charge in [-0.1, -0.05) is 48.0 Å². The predicted molar refractivity (Wildman–Crippen MR) is 106 cm³/mol. The Morgan fingerprint density at radius 2 is 1.85 bits per heavy atom. The summed E-state index contributed by atoms with van der Waals surface area (Å²) >= 11 is 7.37. The van der Waals surface area contributed by atoms with E-state index in [4.69, 9.17) is 18.2 Å². The second kappa shape index (κ2) is 6.75. The minimum Gasteiger partial charge on any atom is -0.326 e. The van der Waals surface area contributed by atoms with E-state index in [1.807, 2.05) is 47.0 Å². The summed E-state index contributed by atoms with van der Waals surface area (Å²) in [5, 5.41) is 0.692. The van der Waals surface area contributed by atoms with Crippen molar-refractivity contribution in [1.29, 1.82) is 0 Å². The molecule has 4 nitrogen and oxygen atoms in total. The van der Waals surface area contributed by atoms with E-state index < -0.39 is 0 Å². The summed E-state index contributed by atoms with van der Waals surface area (Å²) in [7, 11) is 0. The summed E-state index contributed by atoms with van der Waals surface area (Å²) in [6, 6.07) is 17.0. The average molecular weight is 378 g/mol. The lowest BCUT2D eigenvalue weighted by molar-refractivity contribution is 0.800. The monoisotopic (exact) mass is 377 g/mol. The highest BCUT2D eigenvalue weighted by molar-refractivity contribution is 7.22. The SMILES string of the molecule is [C-]#[N+]c1ccc(-c2cc3c(s2)c(=O)ncn3Cc2ccc(Cl)cc2)cc1. The molecule has 0 atom stereocenters. The van der Waals surface area contributed by atoms with Gasteiger partial charge in [0.05, 0.1) is 18.4 Å². The van der Waals surface area contributed by atoms with Gasteiger partial charge >= 0.3 is 0 Å². The van der Waals surface area contributed by atoms with Crippen LogP contribution >= 0.6 is 22.9 Å². The molecule has 0 spiro atoms. The zero-order valence-corrected chi connectivity index (χ0v) is 15.1. The molecule has 4 rings (SSSR count). The van der Waals surface area contributed by atoms with E-state index in [1.165, 1.54) is 11.3 Å². The van der Waals surface area contributed by atoms with Crippen LogP contribution in [-0.2, 0) is 6.54 Å². The molecule has 0 aliphatic carbocycles. The van der Waals surface area contributed by atoms with Gasteiger partial charge < -0.3 is 4.57 Å². The zero-order valence-electron chi connectivity index (χ0n) is 13.5. The minimum absolute atomic E-state index is 0.221. The molecule has 0 aliphatic rings. The van der Waals surface area contributed by atoms with Gasteiger partial charge in [-0.25, -0.2) is 4.85 Å². The fraction of sp³-hybridized carbons (Fsp3) is 0.0500. The number of aromatic nitrogens is 2. The topological polar surface area (TPSA) is 39.2 Å². The van der Waals surface area contributed by atoms with E-state index in [2.05, 4.69) is 9.83 Å². The molecule has 0 saturated carbocycles. The Morgan fingerprint density at radius 1 is 1.12 bits per heavy atom. The largest absolute Gasteiger partial charge is 0.326 e. The van der Waals surface area contributed by atoms with E-state index in [-0.39, 0.29) is 5.56 Å². The van der Waals surface area contributed by atoms with Crippen LogP contribution in [0.25, 0.3) is 25.5 Å². The van der Waals surface area contributed by atoms with Crippen molar-refractivity contribution in [3.8, 4) is 10.4 Å². The number of thiophene rings is 1. The van der Waals surface area contributed by atoms with E-state index in [0.29, 0.717) is 22.0 Å². The highest BCUT2D eigenvalue weighted by Crippen LogP contribution is 2.32. The van der Waals surface area contributed by atoms with Crippen molar-refractivity contribution in [2.45, 2.75) is 6.54 Å². The first-order valence-corrected chi connectivity index (χ1v) is 9.05. The van der Waals surface area contributed by atoms with Crippen molar-refractivity contribution in [1.82, 2.24) is 9.55 Å². The maximum absolute atomic E-state index is 12.2. The molecule has 2 aromatic heterocycles. The molecule has 0 N–H and O–H groups in total. The molecular weight excluding hydrogens is 366 g/mol. The van der Waals surface area contributed by atoms with E-state index in [0.717, 1.165) is 21.5 Å². The third-order valence-electron chi connectivity index (χ3n) is 4.08. The first-order valence-electron chi connectivity index (χ1n) is 7.85. The molecule has 0 saturated heterocycles. The summed E-state index contributed by atoms with van der Waals surface area (Å²) in [5.41, 5.74) is 3.29. The molecule has 0 bridgehead atoms. The summed E-state index contributed by atoms with van der Waals surface area (Å²) in [5.74, 6) is 0. The number of nitrogens with zero attached hydrogens (tertiary/aromatic N) is 3. The van der Waals surface area contributed by atoms with E-state index in [9.17, 15) is 4.79 Å². The minimum atomic E-state index is -0.221. The normalized spacial score (nSPS) is 10.8. The Labute approximate surface area is 158 Å². The molecule has 0 aliphatic heterocycles. The van der Waals surface area contributed by atoms with Crippen LogP contribution in [0.3, 0.4) is 0 Å². The van der Waals surface area contributed by atoms with Crippen molar-refractivity contribution >= 4 is 38.8 Å². The molecule has 0 unspecified atom stereocenters. The molecule has 26 heavy (non-hydrogen) atoms. The number of hydrogen-bond acceptors (Lipinski definition) is 3.